The van der Waals surface area contributed by atoms with Gasteiger partial charge in [-0.25, -0.2) is 4.98 Å². The largest absolute Gasteiger partial charge is 0.321 e. The molecule has 4 rings (SSSR count). The highest BCUT2D eigenvalue weighted by Crippen LogP contribution is 2.24. The van der Waals surface area contributed by atoms with Gasteiger partial charge < -0.3 is 5.32 Å². The van der Waals surface area contributed by atoms with Gasteiger partial charge in [0.05, 0.1) is 16.9 Å². The molecule has 0 saturated carbocycles. The molecule has 1 fully saturated rings. The van der Waals surface area contributed by atoms with E-state index in [1.54, 1.807) is 54.0 Å². The lowest BCUT2D eigenvalue weighted by Gasteiger charge is -2.15. The first-order chi connectivity index (χ1) is 14.5. The van der Waals surface area contributed by atoms with Crippen LogP contribution in [0.3, 0.4) is 0 Å². The van der Waals surface area contributed by atoms with E-state index >= 15 is 0 Å². The average molecular weight is 420 g/mol. The van der Waals surface area contributed by atoms with E-state index < -0.39 is 11.8 Å². The lowest BCUT2D eigenvalue weighted by Crippen LogP contribution is -2.28. The van der Waals surface area contributed by atoms with Crippen LogP contribution in [0.4, 0.5) is 16.5 Å². The van der Waals surface area contributed by atoms with Gasteiger partial charge in [-0.15, -0.1) is 11.3 Å². The molecule has 1 aliphatic rings. The number of anilines is 3. The third kappa shape index (κ3) is 3.96. The quantitative estimate of drug-likeness (QED) is 0.616. The van der Waals surface area contributed by atoms with Gasteiger partial charge in [-0.3, -0.25) is 29.4 Å². The van der Waals surface area contributed by atoms with Crippen LogP contribution in [-0.2, 0) is 9.59 Å². The lowest BCUT2D eigenvalue weighted by molar-refractivity contribution is -0.121. The van der Waals surface area contributed by atoms with E-state index in [9.17, 15) is 19.2 Å². The summed E-state index contributed by atoms with van der Waals surface area (Å²) in [5, 5.41) is 7.60. The number of carbonyl (C=O) groups excluding carboxylic acids is 4. The van der Waals surface area contributed by atoms with Crippen LogP contribution in [-0.4, -0.2) is 28.6 Å². The zero-order valence-corrected chi connectivity index (χ0v) is 16.4. The number of imide groups is 1. The van der Waals surface area contributed by atoms with Crippen molar-refractivity contribution < 1.29 is 19.2 Å². The number of thiazole rings is 1. The number of aromatic nitrogens is 1. The number of hydrogen-bond donors (Lipinski definition) is 2. The van der Waals surface area contributed by atoms with Crippen LogP contribution in [0.2, 0.25) is 0 Å². The summed E-state index contributed by atoms with van der Waals surface area (Å²) >= 11 is 1.29. The molecular formula is C21H16N4O4S. The van der Waals surface area contributed by atoms with E-state index in [-0.39, 0.29) is 35.8 Å². The van der Waals surface area contributed by atoms with Crippen molar-refractivity contribution in [3.8, 4) is 0 Å². The van der Waals surface area contributed by atoms with Crippen molar-refractivity contribution in [3.05, 3.63) is 71.2 Å². The van der Waals surface area contributed by atoms with Crippen LogP contribution < -0.4 is 15.5 Å². The highest BCUT2D eigenvalue weighted by molar-refractivity contribution is 7.13. The molecule has 150 valence electrons. The fourth-order valence-corrected chi connectivity index (χ4v) is 3.61. The van der Waals surface area contributed by atoms with E-state index in [0.29, 0.717) is 16.5 Å². The summed E-state index contributed by atoms with van der Waals surface area (Å²) in [5.74, 6) is -1.45. The zero-order chi connectivity index (χ0) is 21.1. The molecule has 1 saturated heterocycles. The molecular weight excluding hydrogens is 404 g/mol. The molecule has 2 heterocycles. The maximum atomic E-state index is 12.8. The molecule has 0 bridgehead atoms. The van der Waals surface area contributed by atoms with Gasteiger partial charge in [0.1, 0.15) is 0 Å². The Hall–Kier alpha value is -3.85. The molecule has 0 atom stereocenters. The first kappa shape index (κ1) is 19.5. The fraction of sp³-hybridized carbons (Fsp3) is 0.0952. The maximum Gasteiger partial charge on any atom is 0.259 e. The Morgan fingerprint density at radius 2 is 1.70 bits per heavy atom. The summed E-state index contributed by atoms with van der Waals surface area (Å²) in [6, 6.07) is 12.9. The standard InChI is InChI=1S/C21H16N4O4S/c26-17-8-9-18(27)25(17)14-5-3-4-13(12-14)19(28)23-16-7-2-1-6-15(16)20(29)24-21-22-10-11-30-21/h1-7,10-12H,8-9H2,(H,23,28)(H,22,24,29). The van der Waals surface area contributed by atoms with Gasteiger partial charge in [0.2, 0.25) is 11.8 Å². The Morgan fingerprint density at radius 3 is 2.43 bits per heavy atom. The van der Waals surface area contributed by atoms with Gasteiger partial charge in [0, 0.05) is 30.0 Å². The number of rotatable bonds is 5. The molecule has 2 N–H and O–H groups in total. The van der Waals surface area contributed by atoms with Crippen molar-refractivity contribution in [1.29, 1.82) is 0 Å². The van der Waals surface area contributed by atoms with Crippen molar-refractivity contribution >= 4 is 51.5 Å². The first-order valence-corrected chi connectivity index (χ1v) is 9.98. The number of hydrogen-bond acceptors (Lipinski definition) is 6. The highest BCUT2D eigenvalue weighted by atomic mass is 32.1. The maximum absolute atomic E-state index is 12.8. The molecule has 1 aliphatic heterocycles. The van der Waals surface area contributed by atoms with E-state index in [0.717, 1.165) is 4.90 Å². The molecule has 9 heteroatoms. The predicted octanol–water partition coefficient (Wildman–Crippen LogP) is 3.30. The number of nitrogens with zero attached hydrogens (tertiary/aromatic N) is 2. The summed E-state index contributed by atoms with van der Waals surface area (Å²) in [6.45, 7) is 0. The monoisotopic (exact) mass is 420 g/mol. The average Bonchev–Trinajstić information content (AvgIpc) is 3.37. The van der Waals surface area contributed by atoms with E-state index in [1.807, 2.05) is 0 Å². The first-order valence-electron chi connectivity index (χ1n) is 9.10. The third-order valence-electron chi connectivity index (χ3n) is 4.49. The number of para-hydroxylation sites is 1. The van der Waals surface area contributed by atoms with Gasteiger partial charge in [0.15, 0.2) is 5.13 Å². The Bertz CT molecular complexity index is 1130. The number of benzene rings is 2. The SMILES string of the molecule is O=C(Nc1ccccc1C(=O)Nc1nccs1)c1cccc(N2C(=O)CCC2=O)c1. The Balaban J connectivity index is 1.55. The van der Waals surface area contributed by atoms with Gasteiger partial charge >= 0.3 is 0 Å². The minimum Gasteiger partial charge on any atom is -0.321 e. The molecule has 0 aliphatic carbocycles. The molecule has 0 radical (unpaired) electrons. The van der Waals surface area contributed by atoms with Crippen LogP contribution in [0, 0.1) is 0 Å². The Kier molecular flexibility index (Phi) is 5.36. The number of nitrogens with one attached hydrogen (secondary N) is 2. The topological polar surface area (TPSA) is 108 Å². The van der Waals surface area contributed by atoms with Crippen molar-refractivity contribution in [1.82, 2.24) is 4.98 Å². The van der Waals surface area contributed by atoms with Gasteiger partial charge in [0.25, 0.3) is 11.8 Å². The molecule has 1 aromatic heterocycles. The Labute approximate surface area is 175 Å². The minimum atomic E-state index is -0.467. The number of carbonyl (C=O) groups is 4. The highest BCUT2D eigenvalue weighted by Gasteiger charge is 2.30. The van der Waals surface area contributed by atoms with Crippen LogP contribution in [0.1, 0.15) is 33.6 Å². The second-order valence-corrected chi connectivity index (χ2v) is 7.36. The summed E-state index contributed by atoms with van der Waals surface area (Å²) in [5.41, 5.74) is 1.22. The van der Waals surface area contributed by atoms with Crippen LogP contribution >= 0.6 is 11.3 Å². The van der Waals surface area contributed by atoms with Crippen molar-refractivity contribution in [2.45, 2.75) is 12.8 Å². The smallest absolute Gasteiger partial charge is 0.259 e. The van der Waals surface area contributed by atoms with Gasteiger partial charge in [-0.05, 0) is 30.3 Å². The number of amides is 4. The molecule has 0 unspecified atom stereocenters. The second-order valence-electron chi connectivity index (χ2n) is 6.46. The predicted molar refractivity (Wildman–Crippen MR) is 113 cm³/mol. The summed E-state index contributed by atoms with van der Waals surface area (Å²) < 4.78 is 0. The molecule has 30 heavy (non-hydrogen) atoms. The summed E-state index contributed by atoms with van der Waals surface area (Å²) in [7, 11) is 0. The molecule has 3 aromatic rings. The van der Waals surface area contributed by atoms with Crippen molar-refractivity contribution in [3.63, 3.8) is 0 Å². The van der Waals surface area contributed by atoms with Crippen molar-refractivity contribution in [2.75, 3.05) is 15.5 Å². The third-order valence-corrected chi connectivity index (χ3v) is 5.18. The molecule has 2 aromatic carbocycles. The second kappa shape index (κ2) is 8.26. The van der Waals surface area contributed by atoms with Gasteiger partial charge in [-0.1, -0.05) is 18.2 Å². The fourth-order valence-electron chi connectivity index (χ4n) is 3.09. The van der Waals surface area contributed by atoms with Crippen molar-refractivity contribution in [2.24, 2.45) is 0 Å². The Morgan fingerprint density at radius 1 is 0.933 bits per heavy atom. The van der Waals surface area contributed by atoms with E-state index in [2.05, 4.69) is 15.6 Å². The summed E-state index contributed by atoms with van der Waals surface area (Å²) in [4.78, 5) is 54.4. The zero-order valence-electron chi connectivity index (χ0n) is 15.6. The van der Waals surface area contributed by atoms with Crippen LogP contribution in [0.15, 0.2) is 60.1 Å². The van der Waals surface area contributed by atoms with Crippen LogP contribution in [0.5, 0.6) is 0 Å². The van der Waals surface area contributed by atoms with E-state index in [1.165, 1.54) is 17.4 Å². The van der Waals surface area contributed by atoms with Gasteiger partial charge in [-0.2, -0.15) is 0 Å². The summed E-state index contributed by atoms with van der Waals surface area (Å²) in [6.07, 6.45) is 1.91. The van der Waals surface area contributed by atoms with Crippen LogP contribution in [0.25, 0.3) is 0 Å². The van der Waals surface area contributed by atoms with E-state index in [4.69, 9.17) is 0 Å². The molecule has 8 nitrogen and oxygen atoms in total. The molecule has 4 amide bonds. The minimum absolute atomic E-state index is 0.164. The lowest BCUT2D eigenvalue weighted by atomic mass is 10.1. The molecule has 0 spiro atoms. The normalized spacial score (nSPS) is 13.4.